The van der Waals surface area contributed by atoms with E-state index in [9.17, 15) is 0 Å². The van der Waals surface area contributed by atoms with E-state index < -0.39 is 0 Å². The number of hydrogen-bond acceptors (Lipinski definition) is 3. The van der Waals surface area contributed by atoms with E-state index in [1.54, 1.807) is 0 Å². The molecule has 1 saturated heterocycles. The van der Waals surface area contributed by atoms with Crippen molar-refractivity contribution in [3.05, 3.63) is 0 Å². The van der Waals surface area contributed by atoms with Gasteiger partial charge in [0.1, 0.15) is 0 Å². The van der Waals surface area contributed by atoms with E-state index in [4.69, 9.17) is 4.74 Å². The van der Waals surface area contributed by atoms with Crippen LogP contribution in [-0.2, 0) is 4.74 Å². The topological polar surface area (TPSA) is 24.5 Å². The summed E-state index contributed by atoms with van der Waals surface area (Å²) in [5, 5.41) is 3.70. The Bertz CT molecular complexity index is 206. The van der Waals surface area contributed by atoms with E-state index in [-0.39, 0.29) is 0 Å². The monoisotopic (exact) mass is 226 g/mol. The second kappa shape index (κ2) is 5.99. The third-order valence-corrected chi connectivity index (χ3v) is 3.79. The quantitative estimate of drug-likeness (QED) is 0.745. The van der Waals surface area contributed by atoms with Crippen molar-refractivity contribution in [2.24, 2.45) is 0 Å². The van der Waals surface area contributed by atoms with Gasteiger partial charge in [-0.15, -0.1) is 0 Å². The summed E-state index contributed by atoms with van der Waals surface area (Å²) in [4.78, 5) is 2.66. The summed E-state index contributed by atoms with van der Waals surface area (Å²) < 4.78 is 5.67. The van der Waals surface area contributed by atoms with Crippen molar-refractivity contribution >= 4 is 0 Å². The zero-order chi connectivity index (χ0) is 11.4. The number of ether oxygens (including phenoxy) is 1. The van der Waals surface area contributed by atoms with Crippen molar-refractivity contribution in [1.82, 2.24) is 10.2 Å². The highest BCUT2D eigenvalue weighted by atomic mass is 16.5. The first-order chi connectivity index (χ1) is 7.86. The standard InChI is InChI=1S/C13H26N2O/c1-3-8-14-12-7-9-16-10-13(12)15(4-2)11-5-6-11/h11-14H,3-10H2,1-2H3. The fourth-order valence-electron chi connectivity index (χ4n) is 2.79. The van der Waals surface area contributed by atoms with E-state index in [1.807, 2.05) is 0 Å². The fraction of sp³-hybridized carbons (Fsp3) is 1.00. The molecule has 0 aromatic carbocycles. The summed E-state index contributed by atoms with van der Waals surface area (Å²) in [5.74, 6) is 0. The van der Waals surface area contributed by atoms with Gasteiger partial charge in [-0.3, -0.25) is 4.90 Å². The number of nitrogens with zero attached hydrogens (tertiary/aromatic N) is 1. The molecule has 16 heavy (non-hydrogen) atoms. The third kappa shape index (κ3) is 2.96. The van der Waals surface area contributed by atoms with Crippen LogP contribution in [0.4, 0.5) is 0 Å². The Morgan fingerprint density at radius 2 is 2.06 bits per heavy atom. The van der Waals surface area contributed by atoms with E-state index in [0.29, 0.717) is 12.1 Å². The van der Waals surface area contributed by atoms with Crippen LogP contribution in [0.2, 0.25) is 0 Å². The average molecular weight is 226 g/mol. The predicted molar refractivity (Wildman–Crippen MR) is 66.7 cm³/mol. The zero-order valence-corrected chi connectivity index (χ0v) is 10.7. The first-order valence-corrected chi connectivity index (χ1v) is 6.93. The third-order valence-electron chi connectivity index (χ3n) is 3.79. The molecule has 0 aromatic rings. The van der Waals surface area contributed by atoms with Crippen LogP contribution in [0, 0.1) is 0 Å². The van der Waals surface area contributed by atoms with Crippen LogP contribution in [0.3, 0.4) is 0 Å². The molecule has 1 saturated carbocycles. The lowest BCUT2D eigenvalue weighted by Gasteiger charge is -2.40. The molecule has 1 aliphatic heterocycles. The molecule has 1 aliphatic carbocycles. The molecule has 0 aromatic heterocycles. The smallest absolute Gasteiger partial charge is 0.0637 e. The zero-order valence-electron chi connectivity index (χ0n) is 10.7. The lowest BCUT2D eigenvalue weighted by molar-refractivity contribution is -0.00458. The summed E-state index contributed by atoms with van der Waals surface area (Å²) in [7, 11) is 0. The Kier molecular flexibility index (Phi) is 4.62. The lowest BCUT2D eigenvalue weighted by atomic mass is 10.0. The van der Waals surface area contributed by atoms with Crippen LogP contribution >= 0.6 is 0 Å². The van der Waals surface area contributed by atoms with Crippen LogP contribution in [0.1, 0.15) is 39.5 Å². The molecule has 1 heterocycles. The molecule has 2 aliphatic rings. The number of hydrogen-bond donors (Lipinski definition) is 1. The van der Waals surface area contributed by atoms with Gasteiger partial charge in [0.15, 0.2) is 0 Å². The normalized spacial score (nSPS) is 30.9. The second-order valence-electron chi connectivity index (χ2n) is 5.05. The van der Waals surface area contributed by atoms with Gasteiger partial charge in [-0.25, -0.2) is 0 Å². The second-order valence-corrected chi connectivity index (χ2v) is 5.05. The summed E-state index contributed by atoms with van der Waals surface area (Å²) in [6, 6.07) is 2.11. The highest BCUT2D eigenvalue weighted by Gasteiger charge is 2.37. The molecule has 1 N–H and O–H groups in total. The SMILES string of the molecule is CCCNC1CCOCC1N(CC)C1CC1. The van der Waals surface area contributed by atoms with Crippen molar-refractivity contribution in [3.63, 3.8) is 0 Å². The molecule has 0 amide bonds. The van der Waals surface area contributed by atoms with Gasteiger partial charge >= 0.3 is 0 Å². The first-order valence-electron chi connectivity index (χ1n) is 6.93. The molecule has 3 heteroatoms. The van der Waals surface area contributed by atoms with Gasteiger partial charge in [-0.2, -0.15) is 0 Å². The predicted octanol–water partition coefficient (Wildman–Crippen LogP) is 1.63. The summed E-state index contributed by atoms with van der Waals surface area (Å²) in [6.45, 7) is 8.68. The van der Waals surface area contributed by atoms with E-state index in [0.717, 1.165) is 25.8 Å². The molecule has 2 rings (SSSR count). The lowest BCUT2D eigenvalue weighted by Crippen LogP contribution is -2.56. The molecule has 2 atom stereocenters. The van der Waals surface area contributed by atoms with Gasteiger partial charge in [0, 0.05) is 24.7 Å². The van der Waals surface area contributed by atoms with Gasteiger partial charge in [0.2, 0.25) is 0 Å². The minimum atomic E-state index is 0.609. The summed E-state index contributed by atoms with van der Waals surface area (Å²) >= 11 is 0. The molecule has 2 fully saturated rings. The minimum absolute atomic E-state index is 0.609. The highest BCUT2D eigenvalue weighted by Crippen LogP contribution is 2.30. The Morgan fingerprint density at radius 3 is 2.69 bits per heavy atom. The molecule has 2 unspecified atom stereocenters. The Morgan fingerprint density at radius 1 is 1.25 bits per heavy atom. The molecular weight excluding hydrogens is 200 g/mol. The van der Waals surface area contributed by atoms with Gasteiger partial charge in [0.25, 0.3) is 0 Å². The van der Waals surface area contributed by atoms with Crippen LogP contribution < -0.4 is 5.32 Å². The maximum Gasteiger partial charge on any atom is 0.0637 e. The van der Waals surface area contributed by atoms with Crippen LogP contribution in [0.5, 0.6) is 0 Å². The number of rotatable bonds is 6. The highest BCUT2D eigenvalue weighted by molar-refractivity contribution is 4.94. The molecular formula is C13H26N2O. The van der Waals surface area contributed by atoms with Crippen molar-refractivity contribution in [1.29, 1.82) is 0 Å². The van der Waals surface area contributed by atoms with Crippen LogP contribution in [0.25, 0.3) is 0 Å². The molecule has 0 radical (unpaired) electrons. The molecule has 0 bridgehead atoms. The molecule has 94 valence electrons. The van der Waals surface area contributed by atoms with Gasteiger partial charge in [0.05, 0.1) is 6.61 Å². The molecule has 3 nitrogen and oxygen atoms in total. The first kappa shape index (κ1) is 12.3. The fourth-order valence-corrected chi connectivity index (χ4v) is 2.79. The van der Waals surface area contributed by atoms with Crippen LogP contribution in [-0.4, -0.2) is 49.3 Å². The van der Waals surface area contributed by atoms with Crippen molar-refractivity contribution in [3.8, 4) is 0 Å². The minimum Gasteiger partial charge on any atom is -0.380 e. The largest absolute Gasteiger partial charge is 0.380 e. The maximum absolute atomic E-state index is 5.67. The number of likely N-dealkylation sites (N-methyl/N-ethyl adjacent to an activating group) is 1. The Hall–Kier alpha value is -0.120. The van der Waals surface area contributed by atoms with E-state index >= 15 is 0 Å². The maximum atomic E-state index is 5.67. The molecule has 0 spiro atoms. The number of nitrogens with one attached hydrogen (secondary N) is 1. The Balaban J connectivity index is 1.91. The van der Waals surface area contributed by atoms with Crippen molar-refractivity contribution in [2.45, 2.75) is 57.7 Å². The summed E-state index contributed by atoms with van der Waals surface area (Å²) in [6.07, 6.45) is 5.18. The Labute approximate surface area is 99.5 Å². The van der Waals surface area contributed by atoms with Gasteiger partial charge in [-0.1, -0.05) is 13.8 Å². The average Bonchev–Trinajstić information content (AvgIpc) is 3.13. The van der Waals surface area contributed by atoms with Crippen LogP contribution in [0.15, 0.2) is 0 Å². The van der Waals surface area contributed by atoms with Gasteiger partial charge < -0.3 is 10.1 Å². The van der Waals surface area contributed by atoms with E-state index in [2.05, 4.69) is 24.1 Å². The van der Waals surface area contributed by atoms with Gasteiger partial charge in [-0.05, 0) is 38.8 Å². The van der Waals surface area contributed by atoms with E-state index in [1.165, 1.54) is 32.2 Å². The van der Waals surface area contributed by atoms with Crippen molar-refractivity contribution in [2.75, 3.05) is 26.3 Å². The van der Waals surface area contributed by atoms with Crippen molar-refractivity contribution < 1.29 is 4.74 Å². The summed E-state index contributed by atoms with van der Waals surface area (Å²) in [5.41, 5.74) is 0.